The Hall–Kier alpha value is -2.56. The van der Waals surface area contributed by atoms with Crippen molar-refractivity contribution in [2.75, 3.05) is 6.61 Å². The van der Waals surface area contributed by atoms with E-state index in [1.165, 1.54) is 11.6 Å². The molecule has 3 rings (SSSR count). The maximum absolute atomic E-state index is 11.7. The van der Waals surface area contributed by atoms with Gasteiger partial charge in [-0.3, -0.25) is 4.79 Å². The number of nitrogens with one attached hydrogen (secondary N) is 2. The Morgan fingerprint density at radius 3 is 3.30 bits per heavy atom. The van der Waals surface area contributed by atoms with Crippen molar-refractivity contribution in [1.82, 2.24) is 15.3 Å². The van der Waals surface area contributed by atoms with Crippen molar-refractivity contribution in [1.29, 1.82) is 0 Å². The van der Waals surface area contributed by atoms with Crippen LogP contribution in [-0.2, 0) is 17.8 Å². The van der Waals surface area contributed by atoms with Gasteiger partial charge in [0.15, 0.2) is 0 Å². The second-order valence-corrected chi connectivity index (χ2v) is 4.55. The fraction of sp³-hybridized carbons (Fsp3) is 0.200. The quantitative estimate of drug-likeness (QED) is 0.830. The number of benzene rings is 1. The third kappa shape index (κ3) is 2.88. The van der Waals surface area contributed by atoms with E-state index in [1.807, 2.05) is 12.1 Å². The molecular weight excluding hydrogens is 254 g/mol. The van der Waals surface area contributed by atoms with E-state index in [4.69, 9.17) is 4.74 Å². The minimum atomic E-state index is -0.141. The number of carbonyl (C=O) groups excluding carboxylic acids is 1. The summed E-state index contributed by atoms with van der Waals surface area (Å²) in [5, 5.41) is 2.76. The monoisotopic (exact) mass is 269 g/mol. The van der Waals surface area contributed by atoms with Gasteiger partial charge in [-0.25, -0.2) is 4.98 Å². The summed E-state index contributed by atoms with van der Waals surface area (Å²) in [4.78, 5) is 18.6. The molecule has 2 aromatic rings. The lowest BCUT2D eigenvalue weighted by atomic mass is 10.1. The molecule has 1 aliphatic rings. The van der Waals surface area contributed by atoms with Gasteiger partial charge in [-0.1, -0.05) is 6.07 Å². The van der Waals surface area contributed by atoms with Crippen LogP contribution in [0.5, 0.6) is 5.75 Å². The number of nitrogens with zero attached hydrogens (tertiary/aromatic N) is 1. The topological polar surface area (TPSA) is 67.0 Å². The van der Waals surface area contributed by atoms with Crippen LogP contribution in [0.4, 0.5) is 0 Å². The normalized spacial score (nSPS) is 13.2. The first kappa shape index (κ1) is 12.5. The second kappa shape index (κ2) is 5.61. The first-order valence-electron chi connectivity index (χ1n) is 6.51. The number of aromatic nitrogens is 2. The fourth-order valence-corrected chi connectivity index (χ4v) is 2.11. The van der Waals surface area contributed by atoms with Gasteiger partial charge in [-0.05, 0) is 29.3 Å². The van der Waals surface area contributed by atoms with E-state index >= 15 is 0 Å². The summed E-state index contributed by atoms with van der Waals surface area (Å²) >= 11 is 0. The van der Waals surface area contributed by atoms with Crippen LogP contribution >= 0.6 is 0 Å². The number of aromatic amines is 1. The summed E-state index contributed by atoms with van der Waals surface area (Å²) in [6, 6.07) is 5.95. The van der Waals surface area contributed by atoms with Crippen molar-refractivity contribution in [3.63, 3.8) is 0 Å². The molecule has 1 aromatic heterocycles. The Kier molecular flexibility index (Phi) is 3.50. The largest absolute Gasteiger partial charge is 0.493 e. The summed E-state index contributed by atoms with van der Waals surface area (Å²) in [5.41, 5.74) is 2.20. The van der Waals surface area contributed by atoms with Gasteiger partial charge in [-0.2, -0.15) is 0 Å². The fourth-order valence-electron chi connectivity index (χ4n) is 2.11. The van der Waals surface area contributed by atoms with E-state index in [0.717, 1.165) is 30.2 Å². The molecule has 0 saturated heterocycles. The molecule has 0 saturated carbocycles. The number of amides is 1. The molecule has 0 spiro atoms. The molecule has 2 heterocycles. The van der Waals surface area contributed by atoms with E-state index in [-0.39, 0.29) is 5.91 Å². The molecule has 0 bridgehead atoms. The lowest BCUT2D eigenvalue weighted by Gasteiger charge is -2.00. The van der Waals surface area contributed by atoms with Gasteiger partial charge in [0.25, 0.3) is 0 Å². The summed E-state index contributed by atoms with van der Waals surface area (Å²) in [7, 11) is 0. The van der Waals surface area contributed by atoms with Crippen molar-refractivity contribution >= 4 is 12.0 Å². The van der Waals surface area contributed by atoms with Crippen LogP contribution in [0.15, 0.2) is 36.7 Å². The Morgan fingerprint density at radius 1 is 1.50 bits per heavy atom. The number of imidazole rings is 1. The molecule has 0 aliphatic carbocycles. The Bertz CT molecular complexity index is 633. The van der Waals surface area contributed by atoms with Crippen LogP contribution in [-0.4, -0.2) is 22.5 Å². The molecular formula is C15H15N3O2. The van der Waals surface area contributed by atoms with Crippen LogP contribution in [0.2, 0.25) is 0 Å². The van der Waals surface area contributed by atoms with Gasteiger partial charge in [0, 0.05) is 24.9 Å². The molecule has 1 aromatic carbocycles. The average molecular weight is 269 g/mol. The van der Waals surface area contributed by atoms with Crippen LogP contribution in [0, 0.1) is 0 Å². The summed E-state index contributed by atoms with van der Waals surface area (Å²) in [5.74, 6) is 1.55. The second-order valence-electron chi connectivity index (χ2n) is 4.55. The van der Waals surface area contributed by atoms with Gasteiger partial charge < -0.3 is 15.0 Å². The van der Waals surface area contributed by atoms with E-state index in [9.17, 15) is 4.79 Å². The van der Waals surface area contributed by atoms with Crippen molar-refractivity contribution in [3.05, 3.63) is 53.6 Å². The van der Waals surface area contributed by atoms with Gasteiger partial charge in [0.2, 0.25) is 5.91 Å². The maximum atomic E-state index is 11.7. The van der Waals surface area contributed by atoms with E-state index in [2.05, 4.69) is 21.4 Å². The van der Waals surface area contributed by atoms with Gasteiger partial charge in [0.1, 0.15) is 11.6 Å². The molecule has 1 amide bonds. The highest BCUT2D eigenvalue weighted by Gasteiger charge is 2.11. The first-order chi connectivity index (χ1) is 9.81. The number of carbonyl (C=O) groups is 1. The summed E-state index contributed by atoms with van der Waals surface area (Å²) < 4.78 is 5.45. The zero-order valence-corrected chi connectivity index (χ0v) is 10.9. The van der Waals surface area contributed by atoms with Crippen molar-refractivity contribution in [2.24, 2.45) is 0 Å². The highest BCUT2D eigenvalue weighted by atomic mass is 16.5. The van der Waals surface area contributed by atoms with Gasteiger partial charge in [-0.15, -0.1) is 0 Å². The number of H-pyrrole nitrogens is 1. The zero-order chi connectivity index (χ0) is 13.8. The molecule has 5 nitrogen and oxygen atoms in total. The van der Waals surface area contributed by atoms with Gasteiger partial charge >= 0.3 is 0 Å². The van der Waals surface area contributed by atoms with Crippen LogP contribution in [0.25, 0.3) is 6.08 Å². The number of fused-ring (bicyclic) bond motifs is 1. The predicted octanol–water partition coefficient (Wildman–Crippen LogP) is 1.67. The molecule has 2 N–H and O–H groups in total. The van der Waals surface area contributed by atoms with E-state index in [1.54, 1.807) is 18.5 Å². The lowest BCUT2D eigenvalue weighted by molar-refractivity contribution is -0.116. The molecule has 0 radical (unpaired) electrons. The Labute approximate surface area is 116 Å². The molecule has 1 aliphatic heterocycles. The van der Waals surface area contributed by atoms with Crippen molar-refractivity contribution in [3.8, 4) is 5.75 Å². The van der Waals surface area contributed by atoms with E-state index < -0.39 is 0 Å². The minimum absolute atomic E-state index is 0.141. The summed E-state index contributed by atoms with van der Waals surface area (Å²) in [6.45, 7) is 1.14. The Balaban J connectivity index is 1.58. The summed E-state index contributed by atoms with van der Waals surface area (Å²) in [6.07, 6.45) is 7.64. The molecule has 102 valence electrons. The van der Waals surface area contributed by atoms with E-state index in [0.29, 0.717) is 6.54 Å². The third-order valence-electron chi connectivity index (χ3n) is 3.13. The molecule has 0 fully saturated rings. The third-order valence-corrected chi connectivity index (χ3v) is 3.13. The lowest BCUT2D eigenvalue weighted by Crippen LogP contribution is -2.20. The van der Waals surface area contributed by atoms with Crippen LogP contribution < -0.4 is 10.1 Å². The number of rotatable bonds is 4. The highest BCUT2D eigenvalue weighted by Crippen LogP contribution is 2.26. The smallest absolute Gasteiger partial charge is 0.244 e. The molecule has 5 heteroatoms. The minimum Gasteiger partial charge on any atom is -0.493 e. The standard InChI is InChI=1S/C15H15N3O2/c19-15(18-10-14-16-6-7-17-14)4-2-11-1-3-13-12(9-11)5-8-20-13/h1-4,6-7,9H,5,8,10H2,(H,16,17)(H,18,19). The molecule has 0 unspecified atom stereocenters. The average Bonchev–Trinajstić information content (AvgIpc) is 3.13. The van der Waals surface area contributed by atoms with Crippen molar-refractivity contribution < 1.29 is 9.53 Å². The maximum Gasteiger partial charge on any atom is 0.244 e. The van der Waals surface area contributed by atoms with Crippen molar-refractivity contribution in [2.45, 2.75) is 13.0 Å². The van der Waals surface area contributed by atoms with Crippen LogP contribution in [0.3, 0.4) is 0 Å². The van der Waals surface area contributed by atoms with Gasteiger partial charge in [0.05, 0.1) is 13.2 Å². The predicted molar refractivity (Wildman–Crippen MR) is 75.1 cm³/mol. The zero-order valence-electron chi connectivity index (χ0n) is 10.9. The Morgan fingerprint density at radius 2 is 2.45 bits per heavy atom. The first-order valence-corrected chi connectivity index (χ1v) is 6.51. The highest BCUT2D eigenvalue weighted by molar-refractivity contribution is 5.91. The number of ether oxygens (including phenoxy) is 1. The number of hydrogen-bond acceptors (Lipinski definition) is 3. The SMILES string of the molecule is O=C(C=Cc1ccc2c(c1)CCO2)NCc1ncc[nH]1. The van der Waals surface area contributed by atoms with Crippen LogP contribution in [0.1, 0.15) is 17.0 Å². The molecule has 20 heavy (non-hydrogen) atoms. The number of hydrogen-bond donors (Lipinski definition) is 2. The molecule has 0 atom stereocenters.